The van der Waals surface area contributed by atoms with Gasteiger partial charge < -0.3 is 10.0 Å². The molecule has 2 rings (SSSR count). The van der Waals surface area contributed by atoms with Gasteiger partial charge in [0.1, 0.15) is 11.9 Å². The van der Waals surface area contributed by atoms with Crippen molar-refractivity contribution in [3.8, 4) is 6.07 Å². The highest BCUT2D eigenvalue weighted by molar-refractivity contribution is 5.59. The number of aliphatic hydroxyl groups is 1. The summed E-state index contributed by atoms with van der Waals surface area (Å²) in [6.07, 6.45) is 0.915. The van der Waals surface area contributed by atoms with Crippen LogP contribution in [-0.4, -0.2) is 24.8 Å². The summed E-state index contributed by atoms with van der Waals surface area (Å²) in [6, 6.07) is 6.25. The summed E-state index contributed by atoms with van der Waals surface area (Å²) in [6.45, 7) is 1.71. The number of aliphatic hydroxyl groups excluding tert-OH is 1. The molecule has 0 aromatic heterocycles. The zero-order chi connectivity index (χ0) is 11.5. The number of nitrogens with zero attached hydrogens (tertiary/aromatic N) is 2. The quantitative estimate of drug-likeness (QED) is 0.822. The highest BCUT2D eigenvalue weighted by Gasteiger charge is 2.23. The molecule has 16 heavy (non-hydrogen) atoms. The molecule has 0 aliphatic carbocycles. The fraction of sp³-hybridized carbons (Fsp3) is 0.417. The molecule has 0 spiro atoms. The molecule has 0 bridgehead atoms. The van der Waals surface area contributed by atoms with Crippen LogP contribution in [0.5, 0.6) is 0 Å². The number of halogens is 1. The van der Waals surface area contributed by atoms with Gasteiger partial charge in [-0.25, -0.2) is 4.39 Å². The van der Waals surface area contributed by atoms with E-state index in [4.69, 9.17) is 10.4 Å². The predicted molar refractivity (Wildman–Crippen MR) is 58.5 cm³/mol. The van der Waals surface area contributed by atoms with E-state index in [-0.39, 0.29) is 12.5 Å². The zero-order valence-corrected chi connectivity index (χ0v) is 8.86. The lowest BCUT2D eigenvalue weighted by Crippen LogP contribution is -2.21. The molecule has 3 nitrogen and oxygen atoms in total. The van der Waals surface area contributed by atoms with E-state index >= 15 is 0 Å². The van der Waals surface area contributed by atoms with Crippen molar-refractivity contribution in [1.29, 1.82) is 5.26 Å². The molecule has 1 atom stereocenters. The Bertz CT molecular complexity index is 428. The Labute approximate surface area is 93.7 Å². The van der Waals surface area contributed by atoms with Gasteiger partial charge in [-0.05, 0) is 24.6 Å². The van der Waals surface area contributed by atoms with Gasteiger partial charge in [0.25, 0.3) is 0 Å². The van der Waals surface area contributed by atoms with Gasteiger partial charge in [-0.15, -0.1) is 0 Å². The number of hydrogen-bond acceptors (Lipinski definition) is 3. The average molecular weight is 220 g/mol. The molecule has 4 heteroatoms. The minimum absolute atomic E-state index is 0.166. The van der Waals surface area contributed by atoms with Crippen molar-refractivity contribution in [2.45, 2.75) is 6.42 Å². The molecule has 84 valence electrons. The third-order valence-electron chi connectivity index (χ3n) is 2.96. The molecule has 1 N–H and O–H groups in total. The summed E-state index contributed by atoms with van der Waals surface area (Å²) in [4.78, 5) is 2.03. The van der Waals surface area contributed by atoms with E-state index < -0.39 is 5.82 Å². The standard InChI is InChI=1S/C12H13FN2O/c13-11-1-2-12(10(5-11)6-14)15-4-3-9(7-15)8-16/h1-2,5,9,16H,3-4,7-8H2. The Kier molecular flexibility index (Phi) is 3.07. The first kappa shape index (κ1) is 10.9. The molecule has 1 aromatic carbocycles. The molecule has 1 unspecified atom stereocenters. The minimum atomic E-state index is -0.391. The van der Waals surface area contributed by atoms with Crippen molar-refractivity contribution in [3.05, 3.63) is 29.6 Å². The second-order valence-corrected chi connectivity index (χ2v) is 4.06. The first-order chi connectivity index (χ1) is 7.74. The minimum Gasteiger partial charge on any atom is -0.396 e. The lowest BCUT2D eigenvalue weighted by molar-refractivity contribution is 0.238. The average Bonchev–Trinajstić information content (AvgIpc) is 2.77. The Morgan fingerprint density at radius 2 is 2.38 bits per heavy atom. The molecule has 0 saturated carbocycles. The number of nitriles is 1. The lowest BCUT2D eigenvalue weighted by atomic mass is 10.1. The summed E-state index contributed by atoms with van der Waals surface area (Å²) < 4.78 is 13.0. The van der Waals surface area contributed by atoms with Gasteiger partial charge >= 0.3 is 0 Å². The van der Waals surface area contributed by atoms with Crippen LogP contribution in [0.3, 0.4) is 0 Å². The van der Waals surface area contributed by atoms with E-state index in [1.165, 1.54) is 12.1 Å². The topological polar surface area (TPSA) is 47.3 Å². The lowest BCUT2D eigenvalue weighted by Gasteiger charge is -2.19. The van der Waals surface area contributed by atoms with Crippen LogP contribution in [-0.2, 0) is 0 Å². The van der Waals surface area contributed by atoms with Crippen LogP contribution in [0, 0.1) is 23.1 Å². The fourth-order valence-corrected chi connectivity index (χ4v) is 2.07. The zero-order valence-electron chi connectivity index (χ0n) is 8.86. The molecule has 1 aromatic rings. The third-order valence-corrected chi connectivity index (χ3v) is 2.96. The van der Waals surface area contributed by atoms with Crippen molar-refractivity contribution in [2.24, 2.45) is 5.92 Å². The van der Waals surface area contributed by atoms with Crippen LogP contribution in [0.25, 0.3) is 0 Å². The van der Waals surface area contributed by atoms with Crippen LogP contribution in [0.1, 0.15) is 12.0 Å². The first-order valence-electron chi connectivity index (χ1n) is 5.30. The first-order valence-corrected chi connectivity index (χ1v) is 5.30. The normalized spacial score (nSPS) is 19.8. The molecule has 1 aliphatic rings. The van der Waals surface area contributed by atoms with Crippen molar-refractivity contribution < 1.29 is 9.50 Å². The molecule has 1 saturated heterocycles. The van der Waals surface area contributed by atoms with Crippen molar-refractivity contribution in [3.63, 3.8) is 0 Å². The van der Waals surface area contributed by atoms with E-state index in [2.05, 4.69) is 0 Å². The maximum absolute atomic E-state index is 13.0. The SMILES string of the molecule is N#Cc1cc(F)ccc1N1CCC(CO)C1. The summed E-state index contributed by atoms with van der Waals surface area (Å²) in [5.41, 5.74) is 1.12. The van der Waals surface area contributed by atoms with E-state index in [0.717, 1.165) is 25.2 Å². The highest BCUT2D eigenvalue weighted by atomic mass is 19.1. The van der Waals surface area contributed by atoms with Crippen LogP contribution in [0.4, 0.5) is 10.1 Å². The second-order valence-electron chi connectivity index (χ2n) is 4.06. The molecule has 1 fully saturated rings. The predicted octanol–water partition coefficient (Wildman–Crippen LogP) is 1.52. The maximum Gasteiger partial charge on any atom is 0.124 e. The van der Waals surface area contributed by atoms with Crippen molar-refractivity contribution >= 4 is 5.69 Å². The Morgan fingerprint density at radius 1 is 1.56 bits per heavy atom. The van der Waals surface area contributed by atoms with E-state index in [1.54, 1.807) is 6.07 Å². The molecule has 0 amide bonds. The third kappa shape index (κ3) is 2.00. The van der Waals surface area contributed by atoms with E-state index in [0.29, 0.717) is 5.56 Å². The molecule has 1 heterocycles. The Morgan fingerprint density at radius 3 is 3.00 bits per heavy atom. The largest absolute Gasteiger partial charge is 0.396 e. The van der Waals surface area contributed by atoms with E-state index in [1.807, 2.05) is 11.0 Å². The maximum atomic E-state index is 13.0. The number of anilines is 1. The van der Waals surface area contributed by atoms with Crippen LogP contribution >= 0.6 is 0 Å². The van der Waals surface area contributed by atoms with Gasteiger partial charge in [-0.2, -0.15) is 5.26 Å². The summed E-state index contributed by atoms with van der Waals surface area (Å²) in [7, 11) is 0. The van der Waals surface area contributed by atoms with Crippen LogP contribution in [0.2, 0.25) is 0 Å². The van der Waals surface area contributed by atoms with E-state index in [9.17, 15) is 4.39 Å². The van der Waals surface area contributed by atoms with Gasteiger partial charge in [-0.1, -0.05) is 0 Å². The van der Waals surface area contributed by atoms with Crippen molar-refractivity contribution in [1.82, 2.24) is 0 Å². The van der Waals surface area contributed by atoms with Crippen LogP contribution < -0.4 is 4.90 Å². The summed E-state index contributed by atoms with van der Waals surface area (Å²) >= 11 is 0. The number of rotatable bonds is 2. The smallest absolute Gasteiger partial charge is 0.124 e. The molecular formula is C12H13FN2O. The number of benzene rings is 1. The Balaban J connectivity index is 2.25. The molecular weight excluding hydrogens is 207 g/mol. The molecule has 1 aliphatic heterocycles. The second kappa shape index (κ2) is 4.50. The summed E-state index contributed by atoms with van der Waals surface area (Å²) in [5.74, 6) is -0.130. The van der Waals surface area contributed by atoms with Gasteiger partial charge in [0.15, 0.2) is 0 Å². The number of hydrogen-bond donors (Lipinski definition) is 1. The monoisotopic (exact) mass is 220 g/mol. The van der Waals surface area contributed by atoms with Gasteiger partial charge in [0, 0.05) is 25.6 Å². The van der Waals surface area contributed by atoms with Gasteiger partial charge in [-0.3, -0.25) is 0 Å². The Hall–Kier alpha value is -1.60. The van der Waals surface area contributed by atoms with Crippen LogP contribution in [0.15, 0.2) is 18.2 Å². The van der Waals surface area contributed by atoms with Gasteiger partial charge in [0.2, 0.25) is 0 Å². The summed E-state index contributed by atoms with van der Waals surface area (Å²) in [5, 5.41) is 18.0. The highest BCUT2D eigenvalue weighted by Crippen LogP contribution is 2.27. The van der Waals surface area contributed by atoms with Crippen molar-refractivity contribution in [2.75, 3.05) is 24.6 Å². The fourth-order valence-electron chi connectivity index (χ4n) is 2.07. The van der Waals surface area contributed by atoms with Gasteiger partial charge in [0.05, 0.1) is 11.3 Å². The molecule has 0 radical (unpaired) electrons.